The Morgan fingerprint density at radius 3 is 2.68 bits per heavy atom. The van der Waals surface area contributed by atoms with Gasteiger partial charge in [-0.3, -0.25) is 0 Å². The molecule has 1 N–H and O–H groups in total. The molecule has 19 heavy (non-hydrogen) atoms. The topological polar surface area (TPSA) is 55.4 Å². The van der Waals surface area contributed by atoms with Gasteiger partial charge in [0.25, 0.3) is 0 Å². The Labute approximate surface area is 123 Å². The summed E-state index contributed by atoms with van der Waals surface area (Å²) in [6, 6.07) is 6.61. The van der Waals surface area contributed by atoms with Gasteiger partial charge >= 0.3 is 0 Å². The highest BCUT2D eigenvalue weighted by molar-refractivity contribution is 9.10. The zero-order valence-corrected chi connectivity index (χ0v) is 13.6. The number of ether oxygens (including phenoxy) is 1. The largest absolute Gasteiger partial charge is 0.380 e. The molecule has 1 rings (SSSR count). The molecule has 108 valence electrons. The Morgan fingerprint density at radius 1 is 1.32 bits per heavy atom. The van der Waals surface area contributed by atoms with Crippen molar-refractivity contribution in [1.82, 2.24) is 4.72 Å². The summed E-state index contributed by atoms with van der Waals surface area (Å²) in [5.41, 5.74) is 0. The molecule has 0 atom stereocenters. The number of halogens is 1. The molecule has 1 aromatic carbocycles. The second kappa shape index (κ2) is 7.99. The minimum Gasteiger partial charge on any atom is -0.380 e. The smallest absolute Gasteiger partial charge is 0.240 e. The minimum absolute atomic E-state index is 0.254. The molecule has 0 radical (unpaired) electrons. The van der Waals surface area contributed by atoms with Crippen LogP contribution in [-0.2, 0) is 14.8 Å². The van der Waals surface area contributed by atoms with Crippen LogP contribution in [0.5, 0.6) is 0 Å². The first-order valence-electron chi connectivity index (χ1n) is 6.25. The summed E-state index contributed by atoms with van der Waals surface area (Å²) in [6.45, 7) is 5.59. The standard InChI is InChI=1S/C13H20BrNO3S/c1-11(2)6-8-18-9-7-15-19(16,17)13-5-3-4-12(14)10-13/h3-5,10-11,15H,6-9H2,1-2H3. The molecule has 6 heteroatoms. The van der Waals surface area contributed by atoms with Crippen molar-refractivity contribution in [2.24, 2.45) is 5.92 Å². The molecular formula is C13H20BrNO3S. The first-order chi connectivity index (χ1) is 8.92. The van der Waals surface area contributed by atoms with Gasteiger partial charge in [0.15, 0.2) is 0 Å². The number of hydrogen-bond donors (Lipinski definition) is 1. The van der Waals surface area contributed by atoms with Crippen LogP contribution in [0.2, 0.25) is 0 Å². The van der Waals surface area contributed by atoms with Crippen molar-refractivity contribution in [3.63, 3.8) is 0 Å². The zero-order chi connectivity index (χ0) is 14.3. The number of rotatable bonds is 8. The van der Waals surface area contributed by atoms with E-state index in [4.69, 9.17) is 4.74 Å². The molecule has 0 fully saturated rings. The van der Waals surface area contributed by atoms with Crippen molar-refractivity contribution >= 4 is 26.0 Å². The van der Waals surface area contributed by atoms with Crippen molar-refractivity contribution in [3.05, 3.63) is 28.7 Å². The van der Waals surface area contributed by atoms with Gasteiger partial charge < -0.3 is 4.74 Å². The summed E-state index contributed by atoms with van der Waals surface area (Å²) in [5.74, 6) is 0.596. The first-order valence-corrected chi connectivity index (χ1v) is 8.52. The monoisotopic (exact) mass is 349 g/mol. The Kier molecular flexibility index (Phi) is 6.99. The van der Waals surface area contributed by atoms with Crippen molar-refractivity contribution in [2.45, 2.75) is 25.2 Å². The molecule has 0 aliphatic heterocycles. The fourth-order valence-corrected chi connectivity index (χ4v) is 3.00. The summed E-state index contributed by atoms with van der Waals surface area (Å²) in [7, 11) is -3.45. The lowest BCUT2D eigenvalue weighted by atomic mass is 10.1. The lowest BCUT2D eigenvalue weighted by Crippen LogP contribution is -2.27. The molecule has 1 aromatic rings. The van der Waals surface area contributed by atoms with E-state index >= 15 is 0 Å². The molecule has 0 aliphatic carbocycles. The van der Waals surface area contributed by atoms with E-state index < -0.39 is 10.0 Å². The van der Waals surface area contributed by atoms with Gasteiger partial charge in [0.1, 0.15) is 0 Å². The van der Waals surface area contributed by atoms with E-state index in [0.29, 0.717) is 19.1 Å². The van der Waals surface area contributed by atoms with E-state index in [9.17, 15) is 8.42 Å². The molecule has 0 aromatic heterocycles. The molecule has 0 heterocycles. The average molecular weight is 350 g/mol. The van der Waals surface area contributed by atoms with Crippen LogP contribution in [0.3, 0.4) is 0 Å². The zero-order valence-electron chi connectivity index (χ0n) is 11.2. The Bertz CT molecular complexity index is 488. The van der Waals surface area contributed by atoms with E-state index in [2.05, 4.69) is 34.5 Å². The number of nitrogens with one attached hydrogen (secondary N) is 1. The third kappa shape index (κ3) is 6.51. The maximum absolute atomic E-state index is 11.9. The van der Waals surface area contributed by atoms with Crippen LogP contribution >= 0.6 is 15.9 Å². The van der Waals surface area contributed by atoms with Crippen LogP contribution in [0.15, 0.2) is 33.6 Å². The molecular weight excluding hydrogens is 330 g/mol. The van der Waals surface area contributed by atoms with E-state index in [-0.39, 0.29) is 11.4 Å². The summed E-state index contributed by atoms with van der Waals surface area (Å²) in [6.07, 6.45) is 0.985. The van der Waals surface area contributed by atoms with Crippen LogP contribution in [0.25, 0.3) is 0 Å². The highest BCUT2D eigenvalue weighted by Gasteiger charge is 2.13. The number of hydrogen-bond acceptors (Lipinski definition) is 3. The van der Waals surface area contributed by atoms with Crippen LogP contribution in [0.4, 0.5) is 0 Å². The molecule has 0 aliphatic rings. The lowest BCUT2D eigenvalue weighted by molar-refractivity contribution is 0.128. The molecule has 0 saturated heterocycles. The van der Waals surface area contributed by atoms with Crippen molar-refractivity contribution in [2.75, 3.05) is 19.8 Å². The summed E-state index contributed by atoms with van der Waals surface area (Å²) >= 11 is 3.25. The van der Waals surface area contributed by atoms with E-state index in [0.717, 1.165) is 10.9 Å². The molecule has 0 spiro atoms. The van der Waals surface area contributed by atoms with E-state index in [1.165, 1.54) is 0 Å². The third-order valence-corrected chi connectivity index (χ3v) is 4.44. The van der Waals surface area contributed by atoms with Crippen LogP contribution < -0.4 is 4.72 Å². The maximum atomic E-state index is 11.9. The summed E-state index contributed by atoms with van der Waals surface area (Å²) in [4.78, 5) is 0.254. The molecule has 4 nitrogen and oxygen atoms in total. The van der Waals surface area contributed by atoms with Crippen molar-refractivity contribution < 1.29 is 13.2 Å². The summed E-state index contributed by atoms with van der Waals surface area (Å²) in [5, 5.41) is 0. The van der Waals surface area contributed by atoms with E-state index in [1.54, 1.807) is 24.3 Å². The number of benzene rings is 1. The highest BCUT2D eigenvalue weighted by atomic mass is 79.9. The van der Waals surface area contributed by atoms with Crippen LogP contribution in [0, 0.1) is 5.92 Å². The van der Waals surface area contributed by atoms with Gasteiger partial charge in [-0.05, 0) is 30.5 Å². The second-order valence-corrected chi connectivity index (χ2v) is 7.33. The average Bonchev–Trinajstić information content (AvgIpc) is 2.33. The fraction of sp³-hybridized carbons (Fsp3) is 0.538. The van der Waals surface area contributed by atoms with Gasteiger partial charge in [-0.2, -0.15) is 0 Å². The van der Waals surface area contributed by atoms with Crippen LogP contribution in [-0.4, -0.2) is 28.2 Å². The van der Waals surface area contributed by atoms with Crippen molar-refractivity contribution in [1.29, 1.82) is 0 Å². The second-order valence-electron chi connectivity index (χ2n) is 4.65. The fourth-order valence-electron chi connectivity index (χ4n) is 1.39. The van der Waals surface area contributed by atoms with Crippen LogP contribution in [0.1, 0.15) is 20.3 Å². The predicted molar refractivity (Wildman–Crippen MR) is 79.6 cm³/mol. The Balaban J connectivity index is 2.36. The Hall–Kier alpha value is -0.430. The number of sulfonamides is 1. The van der Waals surface area contributed by atoms with Gasteiger partial charge in [0.05, 0.1) is 11.5 Å². The summed E-state index contributed by atoms with van der Waals surface area (Å²) < 4.78 is 32.5. The van der Waals surface area contributed by atoms with E-state index in [1.807, 2.05) is 0 Å². The maximum Gasteiger partial charge on any atom is 0.240 e. The molecule has 0 bridgehead atoms. The third-order valence-electron chi connectivity index (χ3n) is 2.48. The molecule has 0 saturated carbocycles. The SMILES string of the molecule is CC(C)CCOCCNS(=O)(=O)c1cccc(Br)c1. The van der Waals surface area contributed by atoms with Gasteiger partial charge in [-0.15, -0.1) is 0 Å². The minimum atomic E-state index is -3.45. The molecule has 0 amide bonds. The van der Waals surface area contributed by atoms with Gasteiger partial charge in [-0.1, -0.05) is 35.8 Å². The predicted octanol–water partition coefficient (Wildman–Crippen LogP) is 2.79. The normalized spacial score (nSPS) is 12.0. The van der Waals surface area contributed by atoms with Gasteiger partial charge in [0.2, 0.25) is 10.0 Å². The highest BCUT2D eigenvalue weighted by Crippen LogP contribution is 2.15. The quantitative estimate of drug-likeness (QED) is 0.734. The van der Waals surface area contributed by atoms with Gasteiger partial charge in [-0.25, -0.2) is 13.1 Å². The Morgan fingerprint density at radius 2 is 2.05 bits per heavy atom. The molecule has 0 unspecified atom stereocenters. The lowest BCUT2D eigenvalue weighted by Gasteiger charge is -2.08. The first kappa shape index (κ1) is 16.6. The van der Waals surface area contributed by atoms with Gasteiger partial charge in [0, 0.05) is 17.6 Å². The van der Waals surface area contributed by atoms with Crippen molar-refractivity contribution in [3.8, 4) is 0 Å².